The lowest BCUT2D eigenvalue weighted by Crippen LogP contribution is -2.55. The number of sulfone groups is 1. The van der Waals surface area contributed by atoms with Crippen molar-refractivity contribution in [1.82, 2.24) is 0 Å². The van der Waals surface area contributed by atoms with E-state index in [4.69, 9.17) is 10.5 Å². The Morgan fingerprint density at radius 3 is 2.84 bits per heavy atom. The Kier molecular flexibility index (Phi) is 6.01. The molecule has 4 rings (SSSR count). The van der Waals surface area contributed by atoms with Gasteiger partial charge in [-0.15, -0.1) is 6.58 Å². The summed E-state index contributed by atoms with van der Waals surface area (Å²) in [5.41, 5.74) is 7.61. The molecule has 1 aliphatic heterocycles. The number of aliphatic hydroxyl groups is 1. The highest BCUT2D eigenvalue weighted by Gasteiger charge is 2.52. The van der Waals surface area contributed by atoms with Crippen molar-refractivity contribution in [3.05, 3.63) is 71.8 Å². The summed E-state index contributed by atoms with van der Waals surface area (Å²) in [6, 6.07) is 12.8. The SMILES string of the molecule is C=C[C@@H](CO)CS(=O)(=O)C1CCc2ccccc2C12CNc1cc(C(N)=O)ccc1OC2. The molecule has 7 nitrogen and oxygen atoms in total. The summed E-state index contributed by atoms with van der Waals surface area (Å²) in [5.74, 6) is -0.688. The van der Waals surface area contributed by atoms with Gasteiger partial charge in [0, 0.05) is 18.0 Å². The zero-order valence-electron chi connectivity index (χ0n) is 17.8. The maximum absolute atomic E-state index is 13.6. The van der Waals surface area contributed by atoms with E-state index < -0.39 is 32.3 Å². The molecule has 1 spiro atoms. The van der Waals surface area contributed by atoms with Gasteiger partial charge in [-0.3, -0.25) is 4.79 Å². The van der Waals surface area contributed by atoms with Crippen LogP contribution in [0.5, 0.6) is 5.75 Å². The number of fused-ring (bicyclic) bond motifs is 3. The zero-order valence-corrected chi connectivity index (χ0v) is 18.6. The van der Waals surface area contributed by atoms with Crippen LogP contribution in [0.4, 0.5) is 5.69 Å². The Morgan fingerprint density at radius 1 is 1.34 bits per heavy atom. The normalized spacial score (nSPS) is 23.1. The first-order valence-corrected chi connectivity index (χ1v) is 12.4. The van der Waals surface area contributed by atoms with E-state index in [1.165, 1.54) is 6.08 Å². The van der Waals surface area contributed by atoms with Crippen molar-refractivity contribution < 1.29 is 23.1 Å². The summed E-state index contributed by atoms with van der Waals surface area (Å²) >= 11 is 0. The quantitative estimate of drug-likeness (QED) is 0.573. The van der Waals surface area contributed by atoms with Crippen molar-refractivity contribution in [2.24, 2.45) is 11.7 Å². The van der Waals surface area contributed by atoms with Crippen molar-refractivity contribution in [3.63, 3.8) is 0 Å². The number of carbonyl (C=O) groups is 1. The third kappa shape index (κ3) is 3.89. The van der Waals surface area contributed by atoms with Crippen LogP contribution in [0, 0.1) is 5.92 Å². The van der Waals surface area contributed by atoms with Crippen LogP contribution < -0.4 is 15.8 Å². The van der Waals surface area contributed by atoms with E-state index in [9.17, 15) is 18.3 Å². The van der Waals surface area contributed by atoms with Crippen molar-refractivity contribution in [2.45, 2.75) is 23.5 Å². The van der Waals surface area contributed by atoms with Gasteiger partial charge in [0.05, 0.1) is 28.7 Å². The highest BCUT2D eigenvalue weighted by atomic mass is 32.2. The van der Waals surface area contributed by atoms with E-state index in [0.29, 0.717) is 36.4 Å². The standard InChI is InChI=1S/C24H28N2O5S/c1-2-16(12-27)13-32(29,30)22-10-8-17-5-3-4-6-19(17)24(22)14-26-20-11-18(23(25)28)7-9-21(20)31-15-24/h2-7,9,11,16,22,26-27H,1,8,10,12-15H2,(H2,25,28)/t16-,22?,24?/m0/s1. The Balaban J connectivity index is 1.78. The van der Waals surface area contributed by atoms with Gasteiger partial charge in [-0.25, -0.2) is 8.42 Å². The number of amides is 1. The molecule has 3 atom stereocenters. The van der Waals surface area contributed by atoms with Crippen molar-refractivity contribution in [1.29, 1.82) is 0 Å². The van der Waals surface area contributed by atoms with Gasteiger partial charge < -0.3 is 20.9 Å². The number of hydrogen-bond acceptors (Lipinski definition) is 6. The Labute approximate surface area is 188 Å². The second-order valence-corrected chi connectivity index (χ2v) is 10.8. The lowest BCUT2D eigenvalue weighted by molar-refractivity contribution is 0.1000. The summed E-state index contributed by atoms with van der Waals surface area (Å²) in [6.45, 7) is 3.89. The minimum atomic E-state index is -3.61. The molecule has 0 aromatic heterocycles. The number of hydrogen-bond donors (Lipinski definition) is 3. The summed E-state index contributed by atoms with van der Waals surface area (Å²) in [4.78, 5) is 11.6. The number of aryl methyl sites for hydroxylation is 1. The molecule has 0 saturated heterocycles. The second-order valence-electron chi connectivity index (χ2n) is 8.57. The molecule has 2 unspecified atom stereocenters. The first-order valence-electron chi connectivity index (χ1n) is 10.6. The van der Waals surface area contributed by atoms with Gasteiger partial charge in [0.2, 0.25) is 5.91 Å². The van der Waals surface area contributed by atoms with E-state index in [1.807, 2.05) is 24.3 Å². The molecule has 0 fully saturated rings. The van der Waals surface area contributed by atoms with Crippen LogP contribution in [-0.2, 0) is 21.7 Å². The van der Waals surface area contributed by atoms with Gasteiger partial charge in [0.15, 0.2) is 9.84 Å². The summed E-state index contributed by atoms with van der Waals surface area (Å²) in [6.07, 6.45) is 2.60. The molecule has 32 heavy (non-hydrogen) atoms. The minimum absolute atomic E-state index is 0.166. The summed E-state index contributed by atoms with van der Waals surface area (Å²) in [7, 11) is -3.61. The lowest BCUT2D eigenvalue weighted by atomic mass is 9.70. The zero-order chi connectivity index (χ0) is 22.9. The van der Waals surface area contributed by atoms with Crippen LogP contribution in [0.25, 0.3) is 0 Å². The number of rotatable bonds is 6. The molecule has 2 aromatic rings. The van der Waals surface area contributed by atoms with Gasteiger partial charge in [-0.1, -0.05) is 30.3 Å². The second kappa shape index (κ2) is 8.60. The lowest BCUT2D eigenvalue weighted by Gasteiger charge is -2.44. The number of anilines is 1. The van der Waals surface area contributed by atoms with E-state index >= 15 is 0 Å². The van der Waals surface area contributed by atoms with Gasteiger partial charge in [-0.2, -0.15) is 0 Å². The van der Waals surface area contributed by atoms with Crippen molar-refractivity contribution in [3.8, 4) is 5.75 Å². The number of nitrogens with one attached hydrogen (secondary N) is 1. The van der Waals surface area contributed by atoms with Crippen LogP contribution in [0.3, 0.4) is 0 Å². The molecule has 1 aliphatic carbocycles. The van der Waals surface area contributed by atoms with Gasteiger partial charge in [0.25, 0.3) is 0 Å². The predicted octanol–water partition coefficient (Wildman–Crippen LogP) is 2.05. The Morgan fingerprint density at radius 2 is 2.12 bits per heavy atom. The molecule has 0 bridgehead atoms. The smallest absolute Gasteiger partial charge is 0.248 e. The topological polar surface area (TPSA) is 119 Å². The van der Waals surface area contributed by atoms with Gasteiger partial charge in [-0.05, 0) is 42.2 Å². The number of nitrogens with two attached hydrogens (primary N) is 1. The largest absolute Gasteiger partial charge is 0.490 e. The van der Waals surface area contributed by atoms with E-state index in [2.05, 4.69) is 11.9 Å². The van der Waals surface area contributed by atoms with Crippen LogP contribution >= 0.6 is 0 Å². The monoisotopic (exact) mass is 456 g/mol. The number of carbonyl (C=O) groups excluding carboxylic acids is 1. The molecule has 4 N–H and O–H groups in total. The molecule has 0 saturated carbocycles. The Hall–Kier alpha value is -2.84. The van der Waals surface area contributed by atoms with E-state index in [1.54, 1.807) is 18.2 Å². The first-order chi connectivity index (χ1) is 15.3. The maximum Gasteiger partial charge on any atom is 0.248 e. The highest BCUT2D eigenvalue weighted by Crippen LogP contribution is 2.45. The average Bonchev–Trinajstić information content (AvgIpc) is 2.98. The van der Waals surface area contributed by atoms with Crippen LogP contribution in [-0.4, -0.2) is 50.2 Å². The number of benzene rings is 2. The van der Waals surface area contributed by atoms with Gasteiger partial charge in [0.1, 0.15) is 12.4 Å². The Bertz CT molecular complexity index is 1150. The van der Waals surface area contributed by atoms with E-state index in [-0.39, 0.29) is 19.0 Å². The fraction of sp³-hybridized carbons (Fsp3) is 0.375. The predicted molar refractivity (Wildman–Crippen MR) is 124 cm³/mol. The fourth-order valence-electron chi connectivity index (χ4n) is 4.93. The molecule has 0 radical (unpaired) electrons. The molecule has 1 heterocycles. The molecular weight excluding hydrogens is 428 g/mol. The minimum Gasteiger partial charge on any atom is -0.490 e. The molecule has 1 amide bonds. The van der Waals surface area contributed by atoms with Crippen molar-refractivity contribution >= 4 is 21.4 Å². The average molecular weight is 457 g/mol. The first kappa shape index (κ1) is 22.4. The number of ether oxygens (including phenoxy) is 1. The molecule has 170 valence electrons. The highest BCUT2D eigenvalue weighted by molar-refractivity contribution is 7.92. The van der Waals surface area contributed by atoms with Crippen molar-refractivity contribution in [2.75, 3.05) is 30.8 Å². The van der Waals surface area contributed by atoms with E-state index in [0.717, 1.165) is 11.1 Å². The summed E-state index contributed by atoms with van der Waals surface area (Å²) in [5, 5.41) is 12.2. The maximum atomic E-state index is 13.6. The van der Waals surface area contributed by atoms with Crippen LogP contribution in [0.15, 0.2) is 55.1 Å². The number of primary amides is 1. The summed E-state index contributed by atoms with van der Waals surface area (Å²) < 4.78 is 33.4. The molecule has 2 aromatic carbocycles. The third-order valence-corrected chi connectivity index (χ3v) is 9.08. The van der Waals surface area contributed by atoms with Crippen LogP contribution in [0.2, 0.25) is 0 Å². The van der Waals surface area contributed by atoms with Gasteiger partial charge >= 0.3 is 0 Å². The third-order valence-electron chi connectivity index (χ3n) is 6.64. The molecular formula is C24H28N2O5S. The molecule has 2 aliphatic rings. The van der Waals surface area contributed by atoms with Crippen LogP contribution in [0.1, 0.15) is 27.9 Å². The molecule has 8 heteroatoms. The number of aliphatic hydroxyl groups excluding tert-OH is 1. The fourth-order valence-corrected chi connectivity index (χ4v) is 7.44.